The summed E-state index contributed by atoms with van der Waals surface area (Å²) in [7, 11) is 0. The van der Waals surface area contributed by atoms with E-state index in [1.54, 1.807) is 0 Å². The second-order valence-electron chi connectivity index (χ2n) is 4.09. The van der Waals surface area contributed by atoms with Gasteiger partial charge in [0.05, 0.1) is 6.61 Å². The third kappa shape index (κ3) is 2.27. The second-order valence-corrected chi connectivity index (χ2v) is 5.82. The van der Waals surface area contributed by atoms with Crippen molar-refractivity contribution in [2.45, 2.75) is 13.5 Å². The lowest BCUT2D eigenvalue weighted by molar-refractivity contribution is 0.270. The number of fused-ring (bicyclic) bond motifs is 1. The summed E-state index contributed by atoms with van der Waals surface area (Å²) in [4.78, 5) is 5.19. The van der Waals surface area contributed by atoms with Crippen LogP contribution in [0.2, 0.25) is 0 Å². The number of aliphatic hydroxyl groups is 1. The first kappa shape index (κ1) is 12.7. The number of nitrogens with zero attached hydrogens (tertiary/aromatic N) is 2. The van der Waals surface area contributed by atoms with Crippen molar-refractivity contribution in [3.05, 3.63) is 45.5 Å². The summed E-state index contributed by atoms with van der Waals surface area (Å²) in [6, 6.07) is 5.73. The summed E-state index contributed by atoms with van der Waals surface area (Å²) in [6.07, 6.45) is 1.87. The molecule has 98 valence electrons. The molecule has 0 unspecified atom stereocenters. The fraction of sp³-hybridized carbons (Fsp3) is 0.154. The number of aromatic nitrogens is 2. The Kier molecular flexibility index (Phi) is 3.30. The topological polar surface area (TPSA) is 46.8 Å². The lowest BCUT2D eigenvalue weighted by Gasteiger charge is -2.06. The van der Waals surface area contributed by atoms with Crippen LogP contribution in [0.5, 0.6) is 11.6 Å². The Bertz CT molecular complexity index is 735. The van der Waals surface area contributed by atoms with E-state index < -0.39 is 0 Å². The zero-order valence-corrected chi connectivity index (χ0v) is 12.5. The summed E-state index contributed by atoms with van der Waals surface area (Å²) in [6.45, 7) is 1.89. The van der Waals surface area contributed by atoms with E-state index in [2.05, 4.69) is 20.9 Å². The molecule has 19 heavy (non-hydrogen) atoms. The molecule has 6 heteroatoms. The molecular formula is C13H11BrN2O2S. The van der Waals surface area contributed by atoms with Crippen molar-refractivity contribution in [3.63, 3.8) is 0 Å². The van der Waals surface area contributed by atoms with Gasteiger partial charge in [-0.15, -0.1) is 11.3 Å². The van der Waals surface area contributed by atoms with Crippen molar-refractivity contribution in [2.75, 3.05) is 0 Å². The van der Waals surface area contributed by atoms with Crippen LogP contribution in [0.25, 0.3) is 4.96 Å². The van der Waals surface area contributed by atoms with Gasteiger partial charge in [-0.2, -0.15) is 4.98 Å². The molecule has 0 amide bonds. The molecule has 0 fully saturated rings. The third-order valence-electron chi connectivity index (χ3n) is 2.82. The number of aliphatic hydroxyl groups excluding tert-OH is 1. The van der Waals surface area contributed by atoms with Crippen LogP contribution in [0, 0.1) is 6.92 Å². The SMILES string of the molecule is Cc1cc(Oc2nc3sccn3c2CO)ccc1Br. The molecule has 4 nitrogen and oxygen atoms in total. The number of imidazole rings is 1. The van der Waals surface area contributed by atoms with Crippen molar-refractivity contribution in [3.8, 4) is 11.6 Å². The molecule has 3 aromatic rings. The first-order valence-corrected chi connectivity index (χ1v) is 7.35. The molecule has 1 N–H and O–H groups in total. The van der Waals surface area contributed by atoms with E-state index >= 15 is 0 Å². The molecule has 0 spiro atoms. The molecule has 3 rings (SSSR count). The van der Waals surface area contributed by atoms with Crippen molar-refractivity contribution in [2.24, 2.45) is 0 Å². The van der Waals surface area contributed by atoms with E-state index in [1.807, 2.05) is 41.1 Å². The highest BCUT2D eigenvalue weighted by Gasteiger charge is 2.14. The number of rotatable bonds is 3. The van der Waals surface area contributed by atoms with Gasteiger partial charge in [0.1, 0.15) is 11.4 Å². The summed E-state index contributed by atoms with van der Waals surface area (Å²) in [5.41, 5.74) is 1.75. The molecule has 0 atom stereocenters. The maximum atomic E-state index is 9.46. The van der Waals surface area contributed by atoms with E-state index in [4.69, 9.17) is 4.74 Å². The zero-order chi connectivity index (χ0) is 13.4. The molecular weight excluding hydrogens is 328 g/mol. The van der Waals surface area contributed by atoms with Crippen LogP contribution in [0.3, 0.4) is 0 Å². The predicted molar refractivity (Wildman–Crippen MR) is 77.9 cm³/mol. The van der Waals surface area contributed by atoms with Gasteiger partial charge in [0.2, 0.25) is 5.88 Å². The molecule has 0 radical (unpaired) electrons. The van der Waals surface area contributed by atoms with Gasteiger partial charge in [-0.1, -0.05) is 15.9 Å². The standard InChI is InChI=1S/C13H11BrN2O2S/c1-8-6-9(2-3-10(8)14)18-12-11(7-17)16-4-5-19-13(16)15-12/h2-6,17H,7H2,1H3. The van der Waals surface area contributed by atoms with Gasteiger partial charge in [0.25, 0.3) is 0 Å². The number of benzene rings is 1. The first-order valence-electron chi connectivity index (χ1n) is 5.68. The normalized spacial score (nSPS) is 11.1. The average Bonchev–Trinajstić information content (AvgIpc) is 2.94. The van der Waals surface area contributed by atoms with Crippen molar-refractivity contribution in [1.29, 1.82) is 0 Å². The fourth-order valence-corrected chi connectivity index (χ4v) is 2.80. The van der Waals surface area contributed by atoms with Crippen molar-refractivity contribution in [1.82, 2.24) is 9.38 Å². The van der Waals surface area contributed by atoms with Crippen LogP contribution < -0.4 is 4.74 Å². The Labute approximate surface area is 122 Å². The molecule has 0 saturated heterocycles. The molecule has 2 heterocycles. The van der Waals surface area contributed by atoms with E-state index in [-0.39, 0.29) is 6.61 Å². The highest BCUT2D eigenvalue weighted by molar-refractivity contribution is 9.10. The Morgan fingerprint density at radius 3 is 3.05 bits per heavy atom. The fourth-order valence-electron chi connectivity index (χ4n) is 1.83. The maximum Gasteiger partial charge on any atom is 0.244 e. The Balaban J connectivity index is 2.00. The highest BCUT2D eigenvalue weighted by Crippen LogP contribution is 2.29. The van der Waals surface area contributed by atoms with Gasteiger partial charge in [0, 0.05) is 16.0 Å². The number of thiazole rings is 1. The van der Waals surface area contributed by atoms with Crippen molar-refractivity contribution < 1.29 is 9.84 Å². The third-order valence-corrected chi connectivity index (χ3v) is 4.46. The van der Waals surface area contributed by atoms with E-state index in [9.17, 15) is 5.11 Å². The molecule has 0 aliphatic carbocycles. The van der Waals surface area contributed by atoms with Gasteiger partial charge in [-0.25, -0.2) is 0 Å². The highest BCUT2D eigenvalue weighted by atomic mass is 79.9. The van der Waals surface area contributed by atoms with E-state index in [1.165, 1.54) is 11.3 Å². The van der Waals surface area contributed by atoms with Crippen LogP contribution in [0.15, 0.2) is 34.2 Å². The summed E-state index contributed by atoms with van der Waals surface area (Å²) < 4.78 is 8.65. The first-order chi connectivity index (χ1) is 9.19. The Morgan fingerprint density at radius 1 is 1.47 bits per heavy atom. The van der Waals surface area contributed by atoms with Gasteiger partial charge >= 0.3 is 0 Å². The number of ether oxygens (including phenoxy) is 1. The van der Waals surface area contributed by atoms with Gasteiger partial charge in [-0.05, 0) is 30.7 Å². The van der Waals surface area contributed by atoms with Gasteiger partial charge < -0.3 is 9.84 Å². The lowest BCUT2D eigenvalue weighted by atomic mass is 10.2. The van der Waals surface area contributed by atoms with Gasteiger partial charge in [0.15, 0.2) is 4.96 Å². The largest absolute Gasteiger partial charge is 0.437 e. The van der Waals surface area contributed by atoms with E-state index in [0.29, 0.717) is 17.3 Å². The minimum Gasteiger partial charge on any atom is -0.437 e. The van der Waals surface area contributed by atoms with Crippen LogP contribution >= 0.6 is 27.3 Å². The van der Waals surface area contributed by atoms with Crippen LogP contribution in [0.4, 0.5) is 0 Å². The minimum absolute atomic E-state index is 0.108. The zero-order valence-electron chi connectivity index (χ0n) is 10.1. The average molecular weight is 339 g/mol. The molecule has 0 saturated carbocycles. The Hall–Kier alpha value is -1.37. The number of aryl methyl sites for hydroxylation is 1. The van der Waals surface area contributed by atoms with Gasteiger partial charge in [-0.3, -0.25) is 4.40 Å². The second kappa shape index (κ2) is 4.96. The monoisotopic (exact) mass is 338 g/mol. The Morgan fingerprint density at radius 2 is 2.32 bits per heavy atom. The minimum atomic E-state index is -0.108. The lowest BCUT2D eigenvalue weighted by Crippen LogP contribution is -1.93. The molecule has 0 bridgehead atoms. The van der Waals surface area contributed by atoms with E-state index in [0.717, 1.165) is 15.0 Å². The molecule has 1 aromatic carbocycles. The predicted octanol–water partition coefficient (Wildman–Crippen LogP) is 3.75. The molecule has 2 aromatic heterocycles. The number of hydrogen-bond donors (Lipinski definition) is 1. The van der Waals surface area contributed by atoms with Crippen LogP contribution in [0.1, 0.15) is 11.3 Å². The quantitative estimate of drug-likeness (QED) is 0.791. The van der Waals surface area contributed by atoms with Crippen molar-refractivity contribution >= 4 is 32.2 Å². The maximum absolute atomic E-state index is 9.46. The summed E-state index contributed by atoms with van der Waals surface area (Å²) in [5.74, 6) is 1.16. The summed E-state index contributed by atoms with van der Waals surface area (Å²) >= 11 is 4.96. The molecule has 0 aliphatic rings. The number of halogens is 1. The smallest absolute Gasteiger partial charge is 0.244 e. The van der Waals surface area contributed by atoms with Crippen LogP contribution in [-0.2, 0) is 6.61 Å². The summed E-state index contributed by atoms with van der Waals surface area (Å²) in [5, 5.41) is 11.4. The van der Waals surface area contributed by atoms with Crippen LogP contribution in [-0.4, -0.2) is 14.5 Å². The molecule has 0 aliphatic heterocycles. The number of hydrogen-bond acceptors (Lipinski definition) is 4.